The predicted molar refractivity (Wildman–Crippen MR) is 137 cm³/mol. The van der Waals surface area contributed by atoms with Gasteiger partial charge in [-0.3, -0.25) is 9.78 Å². The maximum Gasteiger partial charge on any atom is 0.196 e. The Morgan fingerprint density at radius 3 is 2.39 bits per heavy atom. The van der Waals surface area contributed by atoms with Gasteiger partial charge < -0.3 is 0 Å². The van der Waals surface area contributed by atoms with Crippen molar-refractivity contribution in [1.29, 1.82) is 0 Å². The fourth-order valence-corrected chi connectivity index (χ4v) is 4.65. The lowest BCUT2D eigenvalue weighted by atomic mass is 9.97. The number of benzene rings is 2. The van der Waals surface area contributed by atoms with E-state index in [-0.39, 0.29) is 5.78 Å². The first kappa shape index (κ1) is 22.7. The van der Waals surface area contributed by atoms with Crippen molar-refractivity contribution in [2.45, 2.75) is 20.8 Å². The maximum absolute atomic E-state index is 13.3. The minimum Gasteiger partial charge on any atom is -0.288 e. The van der Waals surface area contributed by atoms with Gasteiger partial charge in [0.2, 0.25) is 0 Å². The van der Waals surface area contributed by atoms with E-state index < -0.39 is 0 Å². The number of allylic oxidation sites excluding steroid dienone is 1. The number of aryl methyl sites for hydroxylation is 3. The van der Waals surface area contributed by atoms with Crippen LogP contribution >= 0.6 is 22.9 Å². The van der Waals surface area contributed by atoms with Crippen LogP contribution < -0.4 is 0 Å². The topological polar surface area (TPSA) is 42.9 Å². The molecule has 4 rings (SSSR count). The molecule has 33 heavy (non-hydrogen) atoms. The molecule has 5 heteroatoms. The van der Waals surface area contributed by atoms with Gasteiger partial charge in [-0.1, -0.05) is 54.3 Å². The predicted octanol–water partition coefficient (Wildman–Crippen LogP) is 7.08. The average molecular weight is 469 g/mol. The normalized spacial score (nSPS) is 10.4. The number of ketones is 1. The first-order valence-electron chi connectivity index (χ1n) is 10.3. The molecule has 0 N–H and O–H groups in total. The van der Waals surface area contributed by atoms with E-state index in [4.69, 9.17) is 11.6 Å². The fourth-order valence-electron chi connectivity index (χ4n) is 3.53. The van der Waals surface area contributed by atoms with Crippen molar-refractivity contribution in [2.24, 2.45) is 0 Å². The molecule has 4 aromatic rings. The van der Waals surface area contributed by atoms with E-state index in [0.717, 1.165) is 37.8 Å². The Morgan fingerprint density at radius 2 is 1.73 bits per heavy atom. The first-order valence-corrected chi connectivity index (χ1v) is 11.5. The standard InChI is InChI=1S/C28H21ClN2OS/c1-17-14-22(11-10-21-8-6-5-7-9-21)16-30-26(17)18(2)27(32)24-15-23(12-13-25(24)29)28-19(3)31-20(4)33-28/h5-9,12-16H,2H2,1,3-4H3. The summed E-state index contributed by atoms with van der Waals surface area (Å²) < 4.78 is 0. The van der Waals surface area contributed by atoms with Crippen molar-refractivity contribution < 1.29 is 4.79 Å². The Bertz CT molecular complexity index is 1440. The van der Waals surface area contributed by atoms with Crippen LogP contribution in [-0.4, -0.2) is 15.8 Å². The lowest BCUT2D eigenvalue weighted by Crippen LogP contribution is -2.06. The number of aromatic nitrogens is 2. The monoisotopic (exact) mass is 468 g/mol. The second-order valence-electron chi connectivity index (χ2n) is 7.66. The first-order chi connectivity index (χ1) is 15.8. The zero-order valence-electron chi connectivity index (χ0n) is 18.6. The number of hydrogen-bond acceptors (Lipinski definition) is 4. The summed E-state index contributed by atoms with van der Waals surface area (Å²) in [5.41, 5.74) is 5.61. The molecule has 0 aliphatic rings. The van der Waals surface area contributed by atoms with E-state index in [9.17, 15) is 4.79 Å². The quantitative estimate of drug-likeness (QED) is 0.182. The van der Waals surface area contributed by atoms with Gasteiger partial charge in [-0.05, 0) is 62.2 Å². The molecule has 0 fully saturated rings. The molecule has 2 aromatic carbocycles. The van der Waals surface area contributed by atoms with Gasteiger partial charge in [-0.25, -0.2) is 4.98 Å². The number of nitrogens with zero attached hydrogens (tertiary/aromatic N) is 2. The summed E-state index contributed by atoms with van der Waals surface area (Å²) in [6.45, 7) is 9.86. The van der Waals surface area contributed by atoms with Gasteiger partial charge >= 0.3 is 0 Å². The van der Waals surface area contributed by atoms with Gasteiger partial charge in [0.05, 0.1) is 26.3 Å². The third-order valence-electron chi connectivity index (χ3n) is 5.14. The number of pyridine rings is 1. The number of Topliss-reactive ketones (excluding diaryl/α,β-unsaturated/α-hetero) is 1. The van der Waals surface area contributed by atoms with Crippen molar-refractivity contribution in [3.63, 3.8) is 0 Å². The van der Waals surface area contributed by atoms with Crippen LogP contribution in [0.1, 0.15) is 43.4 Å². The van der Waals surface area contributed by atoms with Crippen LogP contribution in [0.4, 0.5) is 0 Å². The summed E-state index contributed by atoms with van der Waals surface area (Å²) in [6.07, 6.45) is 1.66. The molecule has 0 radical (unpaired) electrons. The number of thiazole rings is 1. The highest BCUT2D eigenvalue weighted by atomic mass is 35.5. The molecule has 0 saturated carbocycles. The van der Waals surface area contributed by atoms with Gasteiger partial charge in [0.15, 0.2) is 5.78 Å². The molecule has 0 unspecified atom stereocenters. The Balaban J connectivity index is 1.62. The smallest absolute Gasteiger partial charge is 0.196 e. The molecule has 0 spiro atoms. The van der Waals surface area contributed by atoms with Crippen LogP contribution in [0.3, 0.4) is 0 Å². The van der Waals surface area contributed by atoms with E-state index in [2.05, 4.69) is 28.4 Å². The summed E-state index contributed by atoms with van der Waals surface area (Å²) in [7, 11) is 0. The molecular weight excluding hydrogens is 448 g/mol. The van der Waals surface area contributed by atoms with Gasteiger partial charge in [-0.15, -0.1) is 11.3 Å². The van der Waals surface area contributed by atoms with E-state index in [1.165, 1.54) is 0 Å². The Morgan fingerprint density at radius 1 is 1.00 bits per heavy atom. The van der Waals surface area contributed by atoms with Crippen LogP contribution in [0.15, 0.2) is 67.4 Å². The average Bonchev–Trinajstić information content (AvgIpc) is 3.15. The number of hydrogen-bond donors (Lipinski definition) is 0. The van der Waals surface area contributed by atoms with Crippen LogP contribution in [0.5, 0.6) is 0 Å². The van der Waals surface area contributed by atoms with Gasteiger partial charge in [-0.2, -0.15) is 0 Å². The lowest BCUT2D eigenvalue weighted by Gasteiger charge is -2.11. The summed E-state index contributed by atoms with van der Waals surface area (Å²) in [5, 5.41) is 1.36. The minimum atomic E-state index is -0.250. The third kappa shape index (κ3) is 4.96. The van der Waals surface area contributed by atoms with Gasteiger partial charge in [0.25, 0.3) is 0 Å². The summed E-state index contributed by atoms with van der Waals surface area (Å²) in [5.74, 6) is 5.99. The highest BCUT2D eigenvalue weighted by molar-refractivity contribution is 7.15. The number of carbonyl (C=O) groups is 1. The van der Waals surface area contributed by atoms with E-state index in [1.807, 2.05) is 69.3 Å². The maximum atomic E-state index is 13.3. The molecule has 3 nitrogen and oxygen atoms in total. The van der Waals surface area contributed by atoms with Crippen LogP contribution in [0.25, 0.3) is 16.0 Å². The van der Waals surface area contributed by atoms with E-state index in [0.29, 0.717) is 21.9 Å². The highest BCUT2D eigenvalue weighted by Gasteiger charge is 2.20. The van der Waals surface area contributed by atoms with Crippen LogP contribution in [0.2, 0.25) is 5.02 Å². The highest BCUT2D eigenvalue weighted by Crippen LogP contribution is 2.33. The Kier molecular flexibility index (Phi) is 6.55. The van der Waals surface area contributed by atoms with Crippen LogP contribution in [0, 0.1) is 32.6 Å². The Labute approximate surface area is 202 Å². The van der Waals surface area contributed by atoms with Crippen molar-refractivity contribution in [1.82, 2.24) is 9.97 Å². The van der Waals surface area contributed by atoms with Crippen LogP contribution in [-0.2, 0) is 0 Å². The van der Waals surface area contributed by atoms with E-state index in [1.54, 1.807) is 23.6 Å². The van der Waals surface area contributed by atoms with Crippen molar-refractivity contribution in [3.05, 3.63) is 111 Å². The zero-order valence-corrected chi connectivity index (χ0v) is 20.1. The molecule has 0 atom stereocenters. The number of carbonyl (C=O) groups excluding carboxylic acids is 1. The van der Waals surface area contributed by atoms with Crippen molar-refractivity contribution >= 4 is 34.3 Å². The summed E-state index contributed by atoms with van der Waals surface area (Å²) in [4.78, 5) is 23.3. The SMILES string of the molecule is C=C(C(=O)c1cc(-c2sc(C)nc2C)ccc1Cl)c1ncc(C#Cc2ccccc2)cc1C. The molecule has 0 aliphatic carbocycles. The van der Waals surface area contributed by atoms with Gasteiger partial charge in [0, 0.05) is 28.5 Å². The molecule has 0 amide bonds. The van der Waals surface area contributed by atoms with E-state index >= 15 is 0 Å². The van der Waals surface area contributed by atoms with Crippen molar-refractivity contribution in [3.8, 4) is 22.3 Å². The second-order valence-corrected chi connectivity index (χ2v) is 9.27. The minimum absolute atomic E-state index is 0.250. The molecule has 0 aliphatic heterocycles. The molecule has 0 saturated heterocycles. The van der Waals surface area contributed by atoms with Crippen molar-refractivity contribution in [2.75, 3.05) is 0 Å². The summed E-state index contributed by atoms with van der Waals surface area (Å²) in [6, 6.07) is 17.1. The third-order valence-corrected chi connectivity index (χ3v) is 6.59. The number of rotatable bonds is 4. The molecular formula is C28H21ClN2OS. The zero-order chi connectivity index (χ0) is 23.5. The molecule has 162 valence electrons. The summed E-state index contributed by atoms with van der Waals surface area (Å²) >= 11 is 8.00. The largest absolute Gasteiger partial charge is 0.288 e. The molecule has 2 heterocycles. The van der Waals surface area contributed by atoms with Gasteiger partial charge in [0.1, 0.15) is 0 Å². The molecule has 2 aromatic heterocycles. The molecule has 0 bridgehead atoms. The number of halogens is 1. The second kappa shape index (κ2) is 9.54. The fraction of sp³-hybridized carbons (Fsp3) is 0.107. The lowest BCUT2D eigenvalue weighted by molar-refractivity contribution is 0.105. The Hall–Kier alpha value is -3.52.